The van der Waals surface area contributed by atoms with Gasteiger partial charge in [0.1, 0.15) is 0 Å². The molecule has 0 N–H and O–H groups in total. The van der Waals surface area contributed by atoms with Gasteiger partial charge in [0.2, 0.25) is 5.88 Å². The Morgan fingerprint density at radius 1 is 1.21 bits per heavy atom. The highest BCUT2D eigenvalue weighted by atomic mass is 16.5. The maximum atomic E-state index is 5.19. The number of hydrogen-bond donors (Lipinski definition) is 0. The molecule has 2 nitrogen and oxygen atoms in total. The van der Waals surface area contributed by atoms with E-state index >= 15 is 0 Å². The van der Waals surface area contributed by atoms with E-state index in [0.29, 0.717) is 0 Å². The summed E-state index contributed by atoms with van der Waals surface area (Å²) in [5, 5.41) is 0. The van der Waals surface area contributed by atoms with E-state index in [9.17, 15) is 0 Å². The number of rotatable bonds is 1. The molecule has 2 rings (SSSR count). The van der Waals surface area contributed by atoms with Gasteiger partial charge in [-0.2, -0.15) is 0 Å². The highest BCUT2D eigenvalue weighted by Gasteiger charge is 2.12. The molecular weight excluding hydrogens is 174 g/mol. The zero-order valence-electron chi connectivity index (χ0n) is 8.97. The molecule has 0 radical (unpaired) electrons. The minimum absolute atomic E-state index is 0.767. The van der Waals surface area contributed by atoms with Crippen LogP contribution in [-0.2, 0) is 12.8 Å². The van der Waals surface area contributed by atoms with Crippen LogP contribution in [0.3, 0.4) is 0 Å². The van der Waals surface area contributed by atoms with Gasteiger partial charge in [-0.05, 0) is 43.7 Å². The Bertz CT molecular complexity index is 333. The molecule has 1 aromatic rings. The van der Waals surface area contributed by atoms with Crippen molar-refractivity contribution >= 4 is 0 Å². The fraction of sp³-hybridized carbons (Fsp3) is 0.583. The lowest BCUT2D eigenvalue weighted by atomic mass is 10.0. The van der Waals surface area contributed by atoms with E-state index < -0.39 is 0 Å². The Kier molecular flexibility index (Phi) is 2.71. The Hall–Kier alpha value is -1.05. The summed E-state index contributed by atoms with van der Waals surface area (Å²) in [6, 6.07) is 2.05. The lowest BCUT2D eigenvalue weighted by Gasteiger charge is -2.10. The number of nitrogens with zero attached hydrogens (tertiary/aromatic N) is 1. The van der Waals surface area contributed by atoms with Crippen LogP contribution in [0.2, 0.25) is 0 Å². The first-order valence-corrected chi connectivity index (χ1v) is 5.34. The van der Waals surface area contributed by atoms with Crippen LogP contribution in [-0.4, -0.2) is 12.1 Å². The van der Waals surface area contributed by atoms with Gasteiger partial charge >= 0.3 is 0 Å². The standard InChI is InChI=1S/C12H17NO/c1-9-8-12(14-2)13-11-7-5-3-4-6-10(9)11/h8H,3-7H2,1-2H3. The van der Waals surface area contributed by atoms with Gasteiger partial charge in [0, 0.05) is 11.8 Å². The van der Waals surface area contributed by atoms with Crippen molar-refractivity contribution in [1.82, 2.24) is 4.98 Å². The van der Waals surface area contributed by atoms with Crippen molar-refractivity contribution in [3.63, 3.8) is 0 Å². The van der Waals surface area contributed by atoms with Crippen LogP contribution in [0.4, 0.5) is 0 Å². The van der Waals surface area contributed by atoms with E-state index in [-0.39, 0.29) is 0 Å². The van der Waals surface area contributed by atoms with Crippen molar-refractivity contribution in [1.29, 1.82) is 0 Å². The average Bonchev–Trinajstić information content (AvgIpc) is 2.42. The molecule has 0 bridgehead atoms. The van der Waals surface area contributed by atoms with Gasteiger partial charge in [0.05, 0.1) is 7.11 Å². The minimum atomic E-state index is 0.767. The summed E-state index contributed by atoms with van der Waals surface area (Å²) in [5.41, 5.74) is 4.07. The topological polar surface area (TPSA) is 22.1 Å². The summed E-state index contributed by atoms with van der Waals surface area (Å²) in [4.78, 5) is 4.53. The van der Waals surface area contributed by atoms with E-state index in [1.165, 1.54) is 42.5 Å². The molecule has 0 saturated heterocycles. The summed E-state index contributed by atoms with van der Waals surface area (Å²) in [6.45, 7) is 2.16. The zero-order valence-corrected chi connectivity index (χ0v) is 8.97. The molecule has 1 aliphatic carbocycles. The second kappa shape index (κ2) is 3.99. The zero-order chi connectivity index (χ0) is 9.97. The van der Waals surface area contributed by atoms with Gasteiger partial charge in [-0.15, -0.1) is 0 Å². The van der Waals surface area contributed by atoms with Crippen molar-refractivity contribution in [2.45, 2.75) is 39.0 Å². The lowest BCUT2D eigenvalue weighted by molar-refractivity contribution is 0.395. The average molecular weight is 191 g/mol. The molecule has 0 saturated carbocycles. The number of fused-ring (bicyclic) bond motifs is 1. The smallest absolute Gasteiger partial charge is 0.213 e. The molecule has 0 spiro atoms. The number of aromatic nitrogens is 1. The first-order valence-electron chi connectivity index (χ1n) is 5.34. The van der Waals surface area contributed by atoms with E-state index in [1.807, 2.05) is 6.07 Å². The van der Waals surface area contributed by atoms with Gasteiger partial charge in [-0.25, -0.2) is 4.98 Å². The molecule has 0 unspecified atom stereocenters. The van der Waals surface area contributed by atoms with Gasteiger partial charge < -0.3 is 4.74 Å². The van der Waals surface area contributed by atoms with Gasteiger partial charge in [-0.1, -0.05) is 6.42 Å². The third kappa shape index (κ3) is 1.74. The Labute approximate surface area is 85.3 Å². The van der Waals surface area contributed by atoms with Crippen LogP contribution in [0.5, 0.6) is 5.88 Å². The third-order valence-electron chi connectivity index (χ3n) is 2.96. The number of pyridine rings is 1. The number of ether oxygens (including phenoxy) is 1. The highest BCUT2D eigenvalue weighted by molar-refractivity contribution is 5.35. The first kappa shape index (κ1) is 9.50. The molecule has 14 heavy (non-hydrogen) atoms. The Morgan fingerprint density at radius 2 is 2.00 bits per heavy atom. The number of aryl methyl sites for hydroxylation is 2. The summed E-state index contributed by atoms with van der Waals surface area (Å²) in [7, 11) is 1.69. The second-order valence-electron chi connectivity index (χ2n) is 3.97. The fourth-order valence-corrected chi connectivity index (χ4v) is 2.16. The number of hydrogen-bond acceptors (Lipinski definition) is 2. The highest BCUT2D eigenvalue weighted by Crippen LogP contribution is 2.24. The molecule has 1 aromatic heterocycles. The molecule has 0 fully saturated rings. The third-order valence-corrected chi connectivity index (χ3v) is 2.96. The molecular formula is C12H17NO. The van der Waals surface area contributed by atoms with Gasteiger partial charge in [0.25, 0.3) is 0 Å². The SMILES string of the molecule is COc1cc(C)c2c(n1)CCCCC2. The van der Waals surface area contributed by atoms with Crippen LogP contribution in [0.15, 0.2) is 6.07 Å². The van der Waals surface area contributed by atoms with E-state index in [4.69, 9.17) is 4.74 Å². The van der Waals surface area contributed by atoms with Crippen molar-refractivity contribution in [2.24, 2.45) is 0 Å². The lowest BCUT2D eigenvalue weighted by Crippen LogP contribution is -2.00. The summed E-state index contributed by atoms with van der Waals surface area (Å²) in [6.07, 6.45) is 6.22. The molecule has 1 aliphatic rings. The van der Waals surface area contributed by atoms with Crippen LogP contribution in [0.25, 0.3) is 0 Å². The number of methoxy groups -OCH3 is 1. The molecule has 0 aromatic carbocycles. The van der Waals surface area contributed by atoms with Gasteiger partial charge in [0.15, 0.2) is 0 Å². The summed E-state index contributed by atoms with van der Waals surface area (Å²) >= 11 is 0. The van der Waals surface area contributed by atoms with Crippen molar-refractivity contribution in [3.05, 3.63) is 22.9 Å². The molecule has 1 heterocycles. The molecule has 0 atom stereocenters. The van der Waals surface area contributed by atoms with E-state index in [1.54, 1.807) is 7.11 Å². The van der Waals surface area contributed by atoms with Crippen LogP contribution in [0.1, 0.15) is 36.1 Å². The summed E-state index contributed by atoms with van der Waals surface area (Å²) in [5.74, 6) is 0.767. The molecule has 0 amide bonds. The monoisotopic (exact) mass is 191 g/mol. The van der Waals surface area contributed by atoms with Crippen molar-refractivity contribution in [2.75, 3.05) is 7.11 Å². The predicted octanol–water partition coefficient (Wildman–Crippen LogP) is 2.67. The maximum absolute atomic E-state index is 5.19. The predicted molar refractivity (Wildman–Crippen MR) is 56.8 cm³/mol. The summed E-state index contributed by atoms with van der Waals surface area (Å²) < 4.78 is 5.19. The second-order valence-corrected chi connectivity index (χ2v) is 3.97. The molecule has 0 aliphatic heterocycles. The van der Waals surface area contributed by atoms with E-state index in [2.05, 4.69) is 11.9 Å². The van der Waals surface area contributed by atoms with Crippen LogP contribution < -0.4 is 4.74 Å². The molecule has 2 heteroatoms. The largest absolute Gasteiger partial charge is 0.481 e. The minimum Gasteiger partial charge on any atom is -0.481 e. The van der Waals surface area contributed by atoms with Crippen LogP contribution >= 0.6 is 0 Å². The van der Waals surface area contributed by atoms with Crippen LogP contribution in [0, 0.1) is 6.92 Å². The Balaban J connectivity index is 2.43. The van der Waals surface area contributed by atoms with E-state index in [0.717, 1.165) is 12.3 Å². The quantitative estimate of drug-likeness (QED) is 0.637. The molecule has 76 valence electrons. The maximum Gasteiger partial charge on any atom is 0.213 e. The fourth-order valence-electron chi connectivity index (χ4n) is 2.16. The van der Waals surface area contributed by atoms with Crippen molar-refractivity contribution in [3.8, 4) is 5.88 Å². The first-order chi connectivity index (χ1) is 6.81. The van der Waals surface area contributed by atoms with Gasteiger partial charge in [-0.3, -0.25) is 0 Å². The normalized spacial score (nSPS) is 15.9. The van der Waals surface area contributed by atoms with Crippen molar-refractivity contribution < 1.29 is 4.74 Å². The Morgan fingerprint density at radius 3 is 2.79 bits per heavy atom.